The summed E-state index contributed by atoms with van der Waals surface area (Å²) >= 11 is 0. The van der Waals surface area contributed by atoms with Crippen LogP contribution in [-0.2, 0) is 19.9 Å². The summed E-state index contributed by atoms with van der Waals surface area (Å²) in [7, 11) is -7.63. The zero-order valence-corrected chi connectivity index (χ0v) is 12.7. The lowest BCUT2D eigenvalue weighted by Crippen LogP contribution is -2.22. The molecule has 0 radical (unpaired) electrons. The van der Waals surface area contributed by atoms with Gasteiger partial charge < -0.3 is 5.11 Å². The molecule has 0 fully saturated rings. The molecule has 0 aliphatic carbocycles. The third-order valence-electron chi connectivity index (χ3n) is 2.03. The normalized spacial score (nSPS) is 11.6. The van der Waals surface area contributed by atoms with Gasteiger partial charge in [-0.25, -0.2) is 16.8 Å². The lowest BCUT2D eigenvalue weighted by Gasteiger charge is -2.08. The molecule has 1 aromatic carbocycles. The predicted octanol–water partition coefficient (Wildman–Crippen LogP) is 0.0826. The van der Waals surface area contributed by atoms with E-state index in [-0.39, 0.29) is 12.3 Å². The first-order chi connectivity index (χ1) is 9.11. The number of nitrogens with one attached hydrogen (secondary N) is 1. The smallest absolute Gasteiger partial charge is 0.247 e. The Morgan fingerprint density at radius 2 is 1.85 bits per heavy atom. The van der Waals surface area contributed by atoms with E-state index in [0.717, 1.165) is 11.8 Å². The van der Waals surface area contributed by atoms with Gasteiger partial charge in [0.15, 0.2) is 14.9 Å². The van der Waals surface area contributed by atoms with Crippen LogP contribution in [0, 0.1) is 18.8 Å². The first-order valence-electron chi connectivity index (χ1n) is 5.51. The molecular weight excluding hydrogens is 302 g/mol. The average molecular weight is 317 g/mol. The SMILES string of the molecule is Cc1cc(C#CCO)cc(NS(=O)(=O)CS(C)(=O)=O)c1. The van der Waals surface area contributed by atoms with Gasteiger partial charge >= 0.3 is 0 Å². The number of hydrogen-bond acceptors (Lipinski definition) is 5. The molecule has 0 saturated carbocycles. The second-order valence-electron chi connectivity index (χ2n) is 4.31. The molecule has 0 unspecified atom stereocenters. The second kappa shape index (κ2) is 6.26. The first kappa shape index (κ1) is 16.5. The van der Waals surface area contributed by atoms with Crippen LogP contribution in [0.15, 0.2) is 18.2 Å². The van der Waals surface area contributed by atoms with Crippen molar-refractivity contribution >= 4 is 25.5 Å². The molecule has 2 N–H and O–H groups in total. The fraction of sp³-hybridized carbons (Fsp3) is 0.333. The Labute approximate surface area is 118 Å². The molecule has 0 aliphatic rings. The summed E-state index contributed by atoms with van der Waals surface area (Å²) in [6.45, 7) is 1.45. The minimum Gasteiger partial charge on any atom is -0.384 e. The quantitative estimate of drug-likeness (QED) is 0.766. The zero-order valence-electron chi connectivity index (χ0n) is 11.0. The maximum absolute atomic E-state index is 11.7. The maximum atomic E-state index is 11.7. The van der Waals surface area contributed by atoms with Crippen molar-refractivity contribution in [1.29, 1.82) is 0 Å². The number of benzene rings is 1. The molecule has 1 aromatic rings. The Bertz CT molecular complexity index is 755. The third-order valence-corrected chi connectivity index (χ3v) is 5.53. The lowest BCUT2D eigenvalue weighted by molar-refractivity contribution is 0.350. The number of aliphatic hydroxyl groups excluding tert-OH is 1. The molecule has 6 nitrogen and oxygen atoms in total. The van der Waals surface area contributed by atoms with Crippen molar-refractivity contribution in [1.82, 2.24) is 0 Å². The largest absolute Gasteiger partial charge is 0.384 e. The van der Waals surface area contributed by atoms with Gasteiger partial charge in [0.05, 0.1) is 0 Å². The summed E-state index contributed by atoms with van der Waals surface area (Å²) in [5.41, 5.74) is 1.51. The number of sulfone groups is 1. The predicted molar refractivity (Wildman–Crippen MR) is 77.4 cm³/mol. The molecule has 0 amide bonds. The second-order valence-corrected chi connectivity index (χ2v) is 8.54. The van der Waals surface area contributed by atoms with E-state index in [9.17, 15) is 16.8 Å². The molecule has 0 bridgehead atoms. The molecular formula is C12H15NO5S2. The van der Waals surface area contributed by atoms with Crippen LogP contribution in [0.25, 0.3) is 0 Å². The van der Waals surface area contributed by atoms with E-state index >= 15 is 0 Å². The summed E-state index contributed by atoms with van der Waals surface area (Å²) in [6.07, 6.45) is 0.848. The van der Waals surface area contributed by atoms with Crippen molar-refractivity contribution in [2.24, 2.45) is 0 Å². The number of hydrogen-bond donors (Lipinski definition) is 2. The van der Waals surface area contributed by atoms with Crippen LogP contribution >= 0.6 is 0 Å². The molecule has 0 spiro atoms. The van der Waals surface area contributed by atoms with Gasteiger partial charge in [-0.05, 0) is 30.7 Å². The molecule has 0 aromatic heterocycles. The molecule has 20 heavy (non-hydrogen) atoms. The van der Waals surface area contributed by atoms with E-state index in [1.807, 2.05) is 0 Å². The van der Waals surface area contributed by atoms with Crippen molar-refractivity contribution in [3.63, 3.8) is 0 Å². The van der Waals surface area contributed by atoms with Crippen LogP contribution < -0.4 is 4.72 Å². The van der Waals surface area contributed by atoms with E-state index in [1.54, 1.807) is 19.1 Å². The summed E-state index contributed by atoms with van der Waals surface area (Å²) < 4.78 is 47.7. The standard InChI is InChI=1S/C12H15NO5S2/c1-10-6-11(4-3-5-14)8-12(7-10)13-20(17,18)9-19(2,15)16/h6-8,13-14H,5,9H2,1-2H3. The Kier molecular flexibility index (Phi) is 5.16. The number of anilines is 1. The summed E-state index contributed by atoms with van der Waals surface area (Å²) in [5.74, 6) is 5.11. The highest BCUT2D eigenvalue weighted by molar-refractivity contribution is 8.08. The highest BCUT2D eigenvalue weighted by atomic mass is 32.3. The van der Waals surface area contributed by atoms with Gasteiger partial charge in [0.25, 0.3) is 0 Å². The molecule has 8 heteroatoms. The van der Waals surface area contributed by atoms with E-state index in [2.05, 4.69) is 16.6 Å². The molecule has 1 rings (SSSR count). The molecule has 0 atom stereocenters. The van der Waals surface area contributed by atoms with Gasteiger partial charge in [-0.3, -0.25) is 4.72 Å². The Balaban J connectivity index is 3.07. The van der Waals surface area contributed by atoms with Crippen molar-refractivity contribution in [3.8, 4) is 11.8 Å². The van der Waals surface area contributed by atoms with Gasteiger partial charge in [-0.15, -0.1) is 0 Å². The topological polar surface area (TPSA) is 101 Å². The van der Waals surface area contributed by atoms with Gasteiger partial charge in [-0.2, -0.15) is 0 Å². The van der Waals surface area contributed by atoms with E-state index in [4.69, 9.17) is 5.11 Å². The summed E-state index contributed by atoms with van der Waals surface area (Å²) in [6, 6.07) is 4.75. The molecule has 110 valence electrons. The van der Waals surface area contributed by atoms with Gasteiger partial charge in [-0.1, -0.05) is 11.8 Å². The van der Waals surface area contributed by atoms with Crippen LogP contribution in [0.5, 0.6) is 0 Å². The van der Waals surface area contributed by atoms with Crippen LogP contribution in [0.4, 0.5) is 5.69 Å². The fourth-order valence-electron chi connectivity index (χ4n) is 1.55. The van der Waals surface area contributed by atoms with Gasteiger partial charge in [0, 0.05) is 17.5 Å². The minimum atomic E-state index is -3.98. The molecule has 0 aliphatic heterocycles. The third kappa shape index (κ3) is 6.06. The van der Waals surface area contributed by atoms with Gasteiger partial charge in [0.2, 0.25) is 10.0 Å². The van der Waals surface area contributed by atoms with Crippen molar-refractivity contribution < 1.29 is 21.9 Å². The van der Waals surface area contributed by atoms with Gasteiger partial charge in [0.1, 0.15) is 6.61 Å². The minimum absolute atomic E-state index is 0.232. The number of sulfonamides is 1. The first-order valence-corrected chi connectivity index (χ1v) is 9.22. The maximum Gasteiger partial charge on any atom is 0.247 e. The van der Waals surface area contributed by atoms with E-state index in [1.165, 1.54) is 6.07 Å². The summed E-state index contributed by atoms with van der Waals surface area (Å²) in [5, 5.41) is 7.65. The lowest BCUT2D eigenvalue weighted by atomic mass is 10.1. The summed E-state index contributed by atoms with van der Waals surface area (Å²) in [4.78, 5) is 0. The van der Waals surface area contributed by atoms with E-state index < -0.39 is 24.9 Å². The molecule has 0 saturated heterocycles. The molecule has 0 heterocycles. The number of aliphatic hydroxyl groups is 1. The van der Waals surface area contributed by atoms with Crippen molar-refractivity contribution in [2.75, 3.05) is 22.7 Å². The Morgan fingerprint density at radius 1 is 1.20 bits per heavy atom. The number of aryl methyl sites for hydroxylation is 1. The Morgan fingerprint density at radius 3 is 2.40 bits per heavy atom. The van der Waals surface area contributed by atoms with E-state index in [0.29, 0.717) is 5.56 Å². The average Bonchev–Trinajstić information content (AvgIpc) is 2.21. The van der Waals surface area contributed by atoms with Crippen LogP contribution in [0.2, 0.25) is 0 Å². The highest BCUT2D eigenvalue weighted by Gasteiger charge is 2.18. The Hall–Kier alpha value is -1.56. The van der Waals surface area contributed by atoms with Crippen LogP contribution in [0.1, 0.15) is 11.1 Å². The van der Waals surface area contributed by atoms with Crippen LogP contribution in [-0.4, -0.2) is 39.9 Å². The monoisotopic (exact) mass is 317 g/mol. The highest BCUT2D eigenvalue weighted by Crippen LogP contribution is 2.16. The zero-order chi connectivity index (χ0) is 15.4. The fourth-order valence-corrected chi connectivity index (χ4v) is 4.51. The number of rotatable bonds is 4. The van der Waals surface area contributed by atoms with Crippen molar-refractivity contribution in [3.05, 3.63) is 29.3 Å². The van der Waals surface area contributed by atoms with Crippen LogP contribution in [0.3, 0.4) is 0 Å². The van der Waals surface area contributed by atoms with Crippen molar-refractivity contribution in [2.45, 2.75) is 6.92 Å².